The van der Waals surface area contributed by atoms with Crippen molar-refractivity contribution in [1.82, 2.24) is 9.13 Å². The van der Waals surface area contributed by atoms with E-state index in [0.29, 0.717) is 0 Å². The molecule has 2 aliphatic carbocycles. The van der Waals surface area contributed by atoms with Crippen LogP contribution in [-0.4, -0.2) is 9.13 Å². The van der Waals surface area contributed by atoms with Crippen LogP contribution < -0.4 is 0 Å². The molecule has 0 amide bonds. The second kappa shape index (κ2) is 28.3. The Morgan fingerprint density at radius 2 is 0.529 bits per heavy atom. The summed E-state index contributed by atoms with van der Waals surface area (Å²) in [6, 6.07) is 69.5. The lowest BCUT2D eigenvalue weighted by Crippen LogP contribution is -2.26. The predicted molar refractivity (Wildman–Crippen MR) is 449 cm³/mol. The Labute approximate surface area is 621 Å². The molecule has 4 heteroatoms. The van der Waals surface area contributed by atoms with Crippen molar-refractivity contribution in [3.8, 4) is 64.3 Å². The van der Waals surface area contributed by atoms with Crippen LogP contribution in [0.2, 0.25) is 0 Å². The lowest BCUT2D eigenvalue weighted by atomic mass is 9.70. The maximum absolute atomic E-state index is 2.67. The fourth-order valence-corrected chi connectivity index (χ4v) is 20.1. The molecule has 0 unspecified atom stereocenters. The fourth-order valence-electron chi connectivity index (χ4n) is 18.0. The highest BCUT2D eigenvalue weighted by Crippen LogP contribution is 2.59. The van der Waals surface area contributed by atoms with E-state index in [2.05, 4.69) is 290 Å². The second-order valence-corrected chi connectivity index (χ2v) is 37.5. The third kappa shape index (κ3) is 13.3. The summed E-state index contributed by atoms with van der Waals surface area (Å²) in [4.78, 5) is 5.42. The van der Waals surface area contributed by atoms with Crippen LogP contribution in [0.25, 0.3) is 108 Å². The Morgan fingerprint density at radius 1 is 0.265 bits per heavy atom. The van der Waals surface area contributed by atoms with Crippen LogP contribution in [0.5, 0.6) is 0 Å². The zero-order valence-electron chi connectivity index (χ0n) is 65.0. The first kappa shape index (κ1) is 71.7. The van der Waals surface area contributed by atoms with Crippen molar-refractivity contribution in [2.45, 2.75) is 272 Å². The topological polar surface area (TPSA) is 9.86 Å². The molecular formula is C98H116N2S2. The van der Waals surface area contributed by atoms with E-state index in [4.69, 9.17) is 0 Å². The largest absolute Gasteiger partial charge is 0.309 e. The molecular weight excluding hydrogens is 1270 g/mol. The smallest absolute Gasteiger partial charge is 0.0541 e. The first-order valence-corrected chi connectivity index (χ1v) is 41.5. The van der Waals surface area contributed by atoms with Crippen LogP contribution in [0.1, 0.15) is 284 Å². The van der Waals surface area contributed by atoms with E-state index < -0.39 is 0 Å². The predicted octanol–water partition coefficient (Wildman–Crippen LogP) is 30.6. The molecule has 2 aliphatic rings. The number of benzene rings is 8. The monoisotopic (exact) mass is 1380 g/mol. The maximum atomic E-state index is 2.67. The molecule has 4 aromatic heterocycles. The van der Waals surface area contributed by atoms with Gasteiger partial charge in [0, 0.05) is 63.3 Å². The number of thiophene rings is 2. The first-order chi connectivity index (χ1) is 48.9. The molecule has 0 radical (unpaired) electrons. The normalized spacial score (nSPS) is 14.2. The molecule has 0 saturated carbocycles. The van der Waals surface area contributed by atoms with Gasteiger partial charge in [0.2, 0.25) is 0 Å². The van der Waals surface area contributed by atoms with E-state index >= 15 is 0 Å². The number of aromatic nitrogens is 2. The average molecular weight is 1390 g/mol. The van der Waals surface area contributed by atoms with Crippen LogP contribution in [0.3, 0.4) is 0 Å². The highest BCUT2D eigenvalue weighted by atomic mass is 32.1. The maximum Gasteiger partial charge on any atom is 0.0541 e. The summed E-state index contributed by atoms with van der Waals surface area (Å²) in [7, 11) is 0. The minimum Gasteiger partial charge on any atom is -0.309 e. The van der Waals surface area contributed by atoms with Gasteiger partial charge < -0.3 is 9.13 Å². The van der Waals surface area contributed by atoms with Gasteiger partial charge in [0.15, 0.2) is 0 Å². The Kier molecular flexibility index (Phi) is 19.9. The van der Waals surface area contributed by atoms with E-state index in [1.54, 1.807) is 22.3 Å². The number of hydrogen-bond acceptors (Lipinski definition) is 2. The number of hydrogen-bond donors (Lipinski definition) is 0. The molecule has 14 rings (SSSR count). The van der Waals surface area contributed by atoms with Gasteiger partial charge in [0.1, 0.15) is 0 Å². The Morgan fingerprint density at radius 3 is 0.804 bits per heavy atom. The van der Waals surface area contributed by atoms with Crippen LogP contribution in [0.15, 0.2) is 170 Å². The summed E-state index contributed by atoms with van der Waals surface area (Å²) in [6.07, 6.45) is 24.8. The molecule has 0 atom stereocenters. The molecule has 530 valence electrons. The van der Waals surface area contributed by atoms with E-state index in [0.717, 1.165) is 0 Å². The molecule has 0 bridgehead atoms. The molecule has 0 N–H and O–H groups in total. The van der Waals surface area contributed by atoms with Gasteiger partial charge in [-0.1, -0.05) is 274 Å². The molecule has 2 nitrogen and oxygen atoms in total. The average Bonchev–Trinajstić information content (AvgIpc) is 1.57. The highest BCUT2D eigenvalue weighted by Gasteiger charge is 2.45. The van der Waals surface area contributed by atoms with Crippen molar-refractivity contribution in [1.29, 1.82) is 0 Å². The molecule has 0 aliphatic heterocycles. The Bertz CT molecular complexity index is 4570. The first-order valence-electron chi connectivity index (χ1n) is 39.9. The third-order valence-corrected chi connectivity index (χ3v) is 26.5. The van der Waals surface area contributed by atoms with Crippen LogP contribution >= 0.6 is 22.7 Å². The summed E-state index contributed by atoms with van der Waals surface area (Å²) in [6.45, 7) is 37.6. The van der Waals surface area contributed by atoms with Crippen LogP contribution in [0.4, 0.5) is 0 Å². The van der Waals surface area contributed by atoms with Gasteiger partial charge in [-0.15, -0.1) is 22.7 Å². The van der Waals surface area contributed by atoms with Crippen molar-refractivity contribution in [2.24, 2.45) is 0 Å². The van der Waals surface area contributed by atoms with E-state index in [9.17, 15) is 0 Å². The summed E-state index contributed by atoms with van der Waals surface area (Å²) < 4.78 is 5.21. The zero-order chi connectivity index (χ0) is 71.7. The van der Waals surface area contributed by atoms with Crippen LogP contribution in [-0.2, 0) is 32.5 Å². The lowest BCUT2D eigenvalue weighted by Gasteiger charge is -2.33. The Balaban J connectivity index is 0.829. The number of nitrogens with zero attached hydrogens (tertiary/aromatic N) is 2. The molecule has 102 heavy (non-hydrogen) atoms. The SMILES string of the molecule is CCCCCCC1(CCCCCC)c2cc(-c3ccc(-c4ccc(-c5ccc6c(c5)C(CCCCCC)(CCCCCC)c5cc(-n7c8ccc(C(C)(C)C)cc8c8cc(C(C)(C)C)ccc87)ccc5-6)s4)s3)ccc2-c2ccc(-n3c4ccc(C(C)(C)C)cc4c4cc(C(C)(C)C)ccc43)cc21. The Hall–Kier alpha value is -7.24. The molecule has 0 fully saturated rings. The van der Waals surface area contributed by atoms with Gasteiger partial charge in [-0.25, -0.2) is 0 Å². The fraction of sp³-hybridized carbons (Fsp3) is 0.429. The summed E-state index contributed by atoms with van der Waals surface area (Å²) in [5, 5.41) is 5.41. The van der Waals surface area contributed by atoms with Crippen molar-refractivity contribution in [2.75, 3.05) is 0 Å². The van der Waals surface area contributed by atoms with Gasteiger partial charge in [-0.05, 0) is 234 Å². The van der Waals surface area contributed by atoms with Gasteiger partial charge in [0.05, 0.1) is 22.1 Å². The van der Waals surface area contributed by atoms with Gasteiger partial charge >= 0.3 is 0 Å². The van der Waals surface area contributed by atoms with Crippen LogP contribution in [0, 0.1) is 0 Å². The minimum absolute atomic E-state index is 0.0446. The van der Waals surface area contributed by atoms with Gasteiger partial charge in [-0.2, -0.15) is 0 Å². The van der Waals surface area contributed by atoms with Gasteiger partial charge in [-0.3, -0.25) is 0 Å². The standard InChI is InChI=1S/C98H116N2S2/c1-17-21-25-29-53-97(54-30-26-22-18-2)81-57-65(33-41-73(81)75-43-39-71(63-83(75)97)99-85-45-35-67(93(5,6)7)59-77(85)78-60-68(94(8,9)10)36-46-86(78)99)89-49-51-91(101-89)92-52-50-90(102-92)66-34-42-74-76-44-40-72(64-84(76)98(82(74)58-66,55-31-27-23-19-3)56-32-28-24-20-4)100-87-47-37-69(95(11,12)13)61-79(87)80-62-70(96(14,15)16)38-48-88(80)100/h33-52,57-64H,17-32,53-56H2,1-16H3. The number of unbranched alkanes of at least 4 members (excludes halogenated alkanes) is 12. The minimum atomic E-state index is -0.0829. The third-order valence-electron chi connectivity index (χ3n) is 24.1. The van der Waals surface area contributed by atoms with E-state index in [1.807, 2.05) is 22.7 Å². The van der Waals surface area contributed by atoms with Gasteiger partial charge in [0.25, 0.3) is 0 Å². The number of rotatable bonds is 25. The number of fused-ring (bicyclic) bond motifs is 12. The molecule has 0 spiro atoms. The molecule has 4 heterocycles. The lowest BCUT2D eigenvalue weighted by molar-refractivity contribution is 0.401. The molecule has 0 saturated heterocycles. The summed E-state index contributed by atoms with van der Waals surface area (Å²) in [5.74, 6) is 0. The summed E-state index contributed by atoms with van der Waals surface area (Å²) >= 11 is 3.96. The van der Waals surface area contributed by atoms with E-state index in [1.165, 1.54) is 259 Å². The van der Waals surface area contributed by atoms with Crippen molar-refractivity contribution in [3.63, 3.8) is 0 Å². The summed E-state index contributed by atoms with van der Waals surface area (Å²) in [5.41, 5.74) is 27.9. The highest BCUT2D eigenvalue weighted by molar-refractivity contribution is 7.25. The molecule has 8 aromatic carbocycles. The quantitative estimate of drug-likeness (QED) is 0.0505. The van der Waals surface area contributed by atoms with E-state index in [-0.39, 0.29) is 32.5 Å². The molecule has 12 aromatic rings. The van der Waals surface area contributed by atoms with Crippen molar-refractivity contribution in [3.05, 3.63) is 214 Å². The zero-order valence-corrected chi connectivity index (χ0v) is 66.7. The van der Waals surface area contributed by atoms with Crippen molar-refractivity contribution >= 4 is 66.3 Å². The second-order valence-electron chi connectivity index (χ2n) is 35.3. The van der Waals surface area contributed by atoms with Crippen molar-refractivity contribution < 1.29 is 0 Å².